The normalized spacial score (nSPS) is 15.8. The van der Waals surface area contributed by atoms with Crippen LogP contribution in [0.25, 0.3) is 11.1 Å². The Kier molecular flexibility index (Phi) is 7.84. The van der Waals surface area contributed by atoms with Crippen molar-refractivity contribution in [1.29, 1.82) is 0 Å². The summed E-state index contributed by atoms with van der Waals surface area (Å²) in [6, 6.07) is 3.49. The maximum absolute atomic E-state index is 13.1. The van der Waals surface area contributed by atoms with E-state index in [0.29, 0.717) is 31.9 Å². The molecule has 0 radical (unpaired) electrons. The summed E-state index contributed by atoms with van der Waals surface area (Å²) < 4.78 is 11.3. The van der Waals surface area contributed by atoms with E-state index in [1.165, 1.54) is 0 Å². The molecule has 1 fully saturated rings. The van der Waals surface area contributed by atoms with E-state index >= 15 is 0 Å². The van der Waals surface area contributed by atoms with Crippen LogP contribution in [0.5, 0.6) is 6.01 Å². The summed E-state index contributed by atoms with van der Waals surface area (Å²) >= 11 is 0. The van der Waals surface area contributed by atoms with E-state index in [1.54, 1.807) is 50.5 Å². The van der Waals surface area contributed by atoms with Crippen molar-refractivity contribution in [3.8, 4) is 17.1 Å². The molecule has 1 atom stereocenters. The molecule has 3 rings (SSSR count). The third-order valence-electron chi connectivity index (χ3n) is 5.25. The molecule has 0 unspecified atom stereocenters. The summed E-state index contributed by atoms with van der Waals surface area (Å²) in [4.78, 5) is 39.8. The fourth-order valence-electron chi connectivity index (χ4n) is 3.55. The summed E-state index contributed by atoms with van der Waals surface area (Å²) in [5, 5.41) is 2.73. The lowest BCUT2D eigenvalue weighted by Crippen LogP contribution is -2.54. The molecule has 1 aliphatic heterocycles. The van der Waals surface area contributed by atoms with Gasteiger partial charge in [-0.15, -0.1) is 0 Å². The van der Waals surface area contributed by atoms with E-state index in [-0.39, 0.29) is 17.9 Å². The number of aromatic nitrogens is 3. The Hall–Kier alpha value is -3.23. The summed E-state index contributed by atoms with van der Waals surface area (Å²) in [6.45, 7) is 10.3. The average molecular weight is 456 g/mol. The second kappa shape index (κ2) is 10.6. The molecule has 2 aromatic heterocycles. The van der Waals surface area contributed by atoms with Gasteiger partial charge in [-0.1, -0.05) is 19.9 Å². The molecule has 178 valence electrons. The minimum atomic E-state index is -0.638. The van der Waals surface area contributed by atoms with Crippen LogP contribution in [0.4, 0.5) is 4.79 Å². The van der Waals surface area contributed by atoms with Gasteiger partial charge in [0, 0.05) is 61.8 Å². The van der Waals surface area contributed by atoms with E-state index in [9.17, 15) is 9.59 Å². The van der Waals surface area contributed by atoms with Crippen molar-refractivity contribution in [1.82, 2.24) is 25.2 Å². The highest BCUT2D eigenvalue weighted by atomic mass is 16.6. The maximum atomic E-state index is 13.1. The predicted octanol–water partition coefficient (Wildman–Crippen LogP) is 3.46. The molecule has 9 heteroatoms. The number of ether oxygens (including phenoxy) is 2. The van der Waals surface area contributed by atoms with E-state index < -0.39 is 17.7 Å². The van der Waals surface area contributed by atoms with Crippen LogP contribution < -0.4 is 10.1 Å². The zero-order valence-corrected chi connectivity index (χ0v) is 19.9. The predicted molar refractivity (Wildman–Crippen MR) is 123 cm³/mol. The van der Waals surface area contributed by atoms with E-state index in [0.717, 1.165) is 11.1 Å². The molecule has 0 aliphatic carbocycles. The standard InChI is InChI=1S/C24H33N5O4/c1-16(2)20(28-23(31)33-24(3,4)5)21(30)29-11-8-19(9-12-29)32-22-26-14-18(15-27-22)17-7-6-10-25-13-17/h6-7,10,13-16,19-20H,8-9,11-12H2,1-5H3,(H,28,31)/t20-/m0/s1. The number of alkyl carbamates (subject to hydrolysis) is 1. The molecule has 2 aromatic rings. The van der Waals surface area contributed by atoms with Crippen molar-refractivity contribution in [3.63, 3.8) is 0 Å². The number of likely N-dealkylation sites (tertiary alicyclic amines) is 1. The van der Waals surface area contributed by atoms with Crippen molar-refractivity contribution >= 4 is 12.0 Å². The minimum Gasteiger partial charge on any atom is -0.460 e. The van der Waals surface area contributed by atoms with Crippen LogP contribution in [-0.4, -0.2) is 62.7 Å². The third-order valence-corrected chi connectivity index (χ3v) is 5.25. The van der Waals surface area contributed by atoms with Crippen molar-refractivity contribution < 1.29 is 19.1 Å². The Morgan fingerprint density at radius 3 is 2.30 bits per heavy atom. The molecule has 0 bridgehead atoms. The minimum absolute atomic E-state index is 0.0641. The molecule has 2 amide bonds. The lowest BCUT2D eigenvalue weighted by Gasteiger charge is -2.35. The number of carbonyl (C=O) groups excluding carboxylic acids is 2. The summed E-state index contributed by atoms with van der Waals surface area (Å²) in [5.41, 5.74) is 1.19. The van der Waals surface area contributed by atoms with Gasteiger partial charge < -0.3 is 19.7 Å². The number of hydrogen-bond donors (Lipinski definition) is 1. The van der Waals surface area contributed by atoms with E-state index in [1.807, 2.05) is 26.0 Å². The first-order chi connectivity index (χ1) is 15.6. The summed E-state index contributed by atoms with van der Waals surface area (Å²) in [7, 11) is 0. The van der Waals surface area contributed by atoms with Crippen LogP contribution in [0.1, 0.15) is 47.5 Å². The monoisotopic (exact) mass is 455 g/mol. The van der Waals surface area contributed by atoms with Crippen LogP contribution in [0.15, 0.2) is 36.9 Å². The Bertz CT molecular complexity index is 920. The molecule has 1 N–H and O–H groups in total. The number of nitrogens with one attached hydrogen (secondary N) is 1. The van der Waals surface area contributed by atoms with Crippen molar-refractivity contribution in [2.45, 2.75) is 65.2 Å². The third kappa shape index (κ3) is 7.13. The van der Waals surface area contributed by atoms with E-state index in [4.69, 9.17) is 9.47 Å². The van der Waals surface area contributed by atoms with Gasteiger partial charge in [0.15, 0.2) is 0 Å². The Labute approximate surface area is 194 Å². The molecule has 33 heavy (non-hydrogen) atoms. The fraction of sp³-hybridized carbons (Fsp3) is 0.542. The van der Waals surface area contributed by atoms with Crippen molar-refractivity contribution in [2.75, 3.05) is 13.1 Å². The van der Waals surface area contributed by atoms with Crippen LogP contribution >= 0.6 is 0 Å². The second-order valence-electron chi connectivity index (χ2n) is 9.51. The van der Waals surface area contributed by atoms with Gasteiger partial charge in [0.05, 0.1) is 0 Å². The number of nitrogens with zero attached hydrogens (tertiary/aromatic N) is 4. The highest BCUT2D eigenvalue weighted by Crippen LogP contribution is 2.21. The van der Waals surface area contributed by atoms with Crippen molar-refractivity contribution in [2.24, 2.45) is 5.92 Å². The Morgan fingerprint density at radius 2 is 1.76 bits per heavy atom. The number of pyridine rings is 1. The van der Waals surface area contributed by atoms with Gasteiger partial charge >= 0.3 is 12.1 Å². The first kappa shape index (κ1) is 24.4. The Balaban J connectivity index is 1.52. The Morgan fingerprint density at radius 1 is 1.09 bits per heavy atom. The maximum Gasteiger partial charge on any atom is 0.408 e. The molecular weight excluding hydrogens is 422 g/mol. The van der Waals surface area contributed by atoms with Crippen LogP contribution in [0.2, 0.25) is 0 Å². The van der Waals surface area contributed by atoms with Gasteiger partial charge in [0.2, 0.25) is 5.91 Å². The zero-order valence-electron chi connectivity index (χ0n) is 19.9. The van der Waals surface area contributed by atoms with Gasteiger partial charge in [-0.3, -0.25) is 9.78 Å². The summed E-state index contributed by atoms with van der Waals surface area (Å²) in [6.07, 6.45) is 7.58. The number of hydrogen-bond acceptors (Lipinski definition) is 7. The topological polar surface area (TPSA) is 107 Å². The second-order valence-corrected chi connectivity index (χ2v) is 9.51. The van der Waals surface area contributed by atoms with E-state index in [2.05, 4.69) is 20.3 Å². The lowest BCUT2D eigenvalue weighted by atomic mass is 10.0. The highest BCUT2D eigenvalue weighted by molar-refractivity contribution is 5.86. The van der Waals surface area contributed by atoms with Gasteiger partial charge in [-0.2, -0.15) is 0 Å². The molecular formula is C24H33N5O4. The summed E-state index contributed by atoms with van der Waals surface area (Å²) in [5.74, 6) is -0.169. The van der Waals surface area contributed by atoms with Gasteiger partial charge in [-0.25, -0.2) is 14.8 Å². The SMILES string of the molecule is CC(C)[C@H](NC(=O)OC(C)(C)C)C(=O)N1CCC(Oc2ncc(-c3cccnc3)cn2)CC1. The molecule has 0 aromatic carbocycles. The van der Waals surface area contributed by atoms with Crippen LogP contribution in [0, 0.1) is 5.92 Å². The van der Waals surface area contributed by atoms with Crippen LogP contribution in [0.3, 0.4) is 0 Å². The first-order valence-corrected chi connectivity index (χ1v) is 11.3. The number of rotatable bonds is 6. The molecule has 1 saturated heterocycles. The van der Waals surface area contributed by atoms with Gasteiger partial charge in [0.1, 0.15) is 17.7 Å². The lowest BCUT2D eigenvalue weighted by molar-refractivity contribution is -0.136. The molecule has 1 aliphatic rings. The molecule has 0 saturated carbocycles. The van der Waals surface area contributed by atoms with Crippen LogP contribution in [-0.2, 0) is 9.53 Å². The molecule has 0 spiro atoms. The number of carbonyl (C=O) groups is 2. The quantitative estimate of drug-likeness (QED) is 0.711. The number of piperidine rings is 1. The smallest absolute Gasteiger partial charge is 0.408 e. The highest BCUT2D eigenvalue weighted by Gasteiger charge is 2.33. The largest absolute Gasteiger partial charge is 0.460 e. The van der Waals surface area contributed by atoms with Crippen molar-refractivity contribution in [3.05, 3.63) is 36.9 Å². The zero-order chi connectivity index (χ0) is 24.0. The molecule has 3 heterocycles. The first-order valence-electron chi connectivity index (χ1n) is 11.3. The number of amides is 2. The average Bonchev–Trinajstić information content (AvgIpc) is 2.77. The van der Waals surface area contributed by atoms with Gasteiger partial charge in [-0.05, 0) is 32.8 Å². The van der Waals surface area contributed by atoms with Gasteiger partial charge in [0.25, 0.3) is 0 Å². The fourth-order valence-corrected chi connectivity index (χ4v) is 3.55. The molecule has 9 nitrogen and oxygen atoms in total.